The first-order chi connectivity index (χ1) is 15.5. The number of amidine groups is 1. The van der Waals surface area contributed by atoms with Gasteiger partial charge in [-0.15, -0.1) is 0 Å². The quantitative estimate of drug-likeness (QED) is 0.442. The number of rotatable bonds is 6. The van der Waals surface area contributed by atoms with Gasteiger partial charge >= 0.3 is 11.9 Å². The van der Waals surface area contributed by atoms with Crippen LogP contribution in [0.15, 0.2) is 32.8 Å². The van der Waals surface area contributed by atoms with E-state index in [0.717, 1.165) is 30.9 Å². The first-order valence-electron chi connectivity index (χ1n) is 9.36. The molecule has 14 heteroatoms. The number of halogens is 5. The lowest BCUT2D eigenvalue weighted by molar-refractivity contribution is -0.144. The number of benzene rings is 1. The second-order valence-corrected chi connectivity index (χ2v) is 8.22. The molecule has 1 aromatic carbocycles. The van der Waals surface area contributed by atoms with Gasteiger partial charge in [-0.2, -0.15) is 13.2 Å². The van der Waals surface area contributed by atoms with Gasteiger partial charge < -0.3 is 4.74 Å². The van der Waals surface area contributed by atoms with E-state index in [9.17, 15) is 31.9 Å². The van der Waals surface area contributed by atoms with E-state index >= 15 is 0 Å². The number of ether oxygens (including phenoxy) is 1. The molecule has 0 radical (unpaired) electrons. The van der Waals surface area contributed by atoms with Crippen molar-refractivity contribution in [3.63, 3.8) is 0 Å². The number of amides is 1. The highest BCUT2D eigenvalue weighted by molar-refractivity contribution is 8.15. The molecule has 0 unspecified atom stereocenters. The molecule has 1 amide bonds. The molecule has 0 aliphatic carbocycles. The average Bonchev–Trinajstić information content (AvgIpc) is 3.07. The summed E-state index contributed by atoms with van der Waals surface area (Å²) in [5, 5.41) is 0.0838. The highest BCUT2D eigenvalue weighted by atomic mass is 35.5. The molecule has 33 heavy (non-hydrogen) atoms. The van der Waals surface area contributed by atoms with Crippen LogP contribution in [0.4, 0.5) is 23.2 Å². The third-order valence-electron chi connectivity index (χ3n) is 4.67. The number of hydrogen-bond acceptors (Lipinski definition) is 6. The van der Waals surface area contributed by atoms with Crippen LogP contribution in [0.5, 0.6) is 0 Å². The van der Waals surface area contributed by atoms with Crippen LogP contribution < -0.4 is 11.2 Å². The minimum Gasteiger partial charge on any atom is -0.385 e. The van der Waals surface area contributed by atoms with E-state index in [0.29, 0.717) is 19.6 Å². The number of thioether (sulfide) groups is 1. The molecular weight excluding hydrogens is 492 g/mol. The van der Waals surface area contributed by atoms with Crippen molar-refractivity contribution in [2.45, 2.75) is 12.6 Å². The summed E-state index contributed by atoms with van der Waals surface area (Å²) in [6.07, 6.45) is -4.43. The molecule has 3 rings (SSSR count). The highest BCUT2D eigenvalue weighted by Gasteiger charge is 2.35. The van der Waals surface area contributed by atoms with E-state index in [-0.39, 0.29) is 42.7 Å². The Morgan fingerprint density at radius 1 is 1.21 bits per heavy atom. The fourth-order valence-corrected chi connectivity index (χ4v) is 4.19. The number of methoxy groups -OCH3 is 1. The van der Waals surface area contributed by atoms with Gasteiger partial charge in [-0.1, -0.05) is 23.4 Å². The zero-order valence-corrected chi connectivity index (χ0v) is 18.9. The van der Waals surface area contributed by atoms with E-state index in [2.05, 4.69) is 4.99 Å². The van der Waals surface area contributed by atoms with Crippen LogP contribution in [0.25, 0.3) is 5.69 Å². The van der Waals surface area contributed by atoms with Crippen LogP contribution in [0.1, 0.15) is 12.1 Å². The second kappa shape index (κ2) is 9.69. The van der Waals surface area contributed by atoms with Gasteiger partial charge in [-0.05, 0) is 18.6 Å². The third-order valence-corrected chi connectivity index (χ3v) is 5.93. The second-order valence-electron chi connectivity index (χ2n) is 6.87. The lowest BCUT2D eigenvalue weighted by Crippen LogP contribution is -2.41. The van der Waals surface area contributed by atoms with Gasteiger partial charge in [0.1, 0.15) is 11.5 Å². The number of hydrogen-bond donors (Lipinski definition) is 0. The van der Waals surface area contributed by atoms with Gasteiger partial charge in [0, 0.05) is 33.4 Å². The van der Waals surface area contributed by atoms with E-state index < -0.39 is 34.6 Å². The molecule has 2 aromatic rings. The predicted molar refractivity (Wildman–Crippen MR) is 115 cm³/mol. The Balaban J connectivity index is 2.11. The van der Waals surface area contributed by atoms with Crippen LogP contribution in [-0.2, 0) is 22.8 Å². The fraction of sp³-hybridized carbons (Fsp3) is 0.368. The van der Waals surface area contributed by atoms with Crippen LogP contribution in [-0.4, -0.2) is 51.1 Å². The van der Waals surface area contributed by atoms with Gasteiger partial charge in [0.2, 0.25) is 5.91 Å². The van der Waals surface area contributed by atoms with Gasteiger partial charge in [0.05, 0.1) is 22.2 Å². The molecule has 0 bridgehead atoms. The molecule has 8 nitrogen and oxygen atoms in total. The summed E-state index contributed by atoms with van der Waals surface area (Å²) >= 11 is 7.19. The number of aromatic nitrogens is 2. The Morgan fingerprint density at radius 3 is 2.55 bits per heavy atom. The van der Waals surface area contributed by atoms with E-state index in [4.69, 9.17) is 16.3 Å². The average molecular weight is 509 g/mol. The Morgan fingerprint density at radius 2 is 1.91 bits per heavy atom. The molecule has 1 fully saturated rings. The molecule has 178 valence electrons. The van der Waals surface area contributed by atoms with Gasteiger partial charge in [-0.25, -0.2) is 18.7 Å². The summed E-state index contributed by atoms with van der Waals surface area (Å²) in [4.78, 5) is 42.7. The van der Waals surface area contributed by atoms with Gasteiger partial charge in [0.25, 0.3) is 5.56 Å². The zero-order valence-electron chi connectivity index (χ0n) is 17.3. The maximum atomic E-state index is 14.7. The molecule has 0 N–H and O–H groups in total. The number of carbonyl (C=O) groups is 1. The van der Waals surface area contributed by atoms with Crippen LogP contribution in [0, 0.1) is 5.82 Å². The summed E-state index contributed by atoms with van der Waals surface area (Å²) < 4.78 is 59.3. The lowest BCUT2D eigenvalue weighted by atomic mass is 10.2. The third kappa shape index (κ3) is 5.14. The molecule has 2 heterocycles. The van der Waals surface area contributed by atoms with Crippen LogP contribution >= 0.6 is 23.4 Å². The van der Waals surface area contributed by atoms with Crippen molar-refractivity contribution in [1.29, 1.82) is 0 Å². The maximum Gasteiger partial charge on any atom is 0.431 e. The minimum absolute atomic E-state index is 0.0733. The monoisotopic (exact) mass is 508 g/mol. The maximum absolute atomic E-state index is 14.7. The van der Waals surface area contributed by atoms with Crippen molar-refractivity contribution < 1.29 is 27.1 Å². The predicted octanol–water partition coefficient (Wildman–Crippen LogP) is 2.95. The summed E-state index contributed by atoms with van der Waals surface area (Å²) in [7, 11) is 2.33. The number of nitrogens with zero attached hydrogens (tertiary/aromatic N) is 4. The smallest absolute Gasteiger partial charge is 0.385 e. The largest absolute Gasteiger partial charge is 0.431 e. The topological polar surface area (TPSA) is 85.9 Å². The van der Waals surface area contributed by atoms with Gasteiger partial charge in [-0.3, -0.25) is 19.1 Å². The van der Waals surface area contributed by atoms with E-state index in [1.165, 1.54) is 12.0 Å². The normalized spacial score (nSPS) is 15.7. The molecule has 0 atom stereocenters. The Labute approximate surface area is 193 Å². The summed E-state index contributed by atoms with van der Waals surface area (Å²) in [6.45, 7) is 0.715. The molecule has 0 spiro atoms. The van der Waals surface area contributed by atoms with Crippen molar-refractivity contribution in [3.05, 3.63) is 55.6 Å². The van der Waals surface area contributed by atoms with Crippen molar-refractivity contribution in [2.75, 3.05) is 26.0 Å². The molecule has 1 saturated heterocycles. The summed E-state index contributed by atoms with van der Waals surface area (Å²) in [5.41, 5.74) is -4.96. The molecule has 1 aliphatic heterocycles. The number of aliphatic imine (C=N–C) groups is 1. The molecule has 1 aromatic heterocycles. The van der Waals surface area contributed by atoms with Crippen molar-refractivity contribution in [1.82, 2.24) is 14.0 Å². The van der Waals surface area contributed by atoms with E-state index in [1.54, 1.807) is 0 Å². The lowest BCUT2D eigenvalue weighted by Gasteiger charge is -2.17. The van der Waals surface area contributed by atoms with Crippen molar-refractivity contribution in [3.8, 4) is 5.69 Å². The Bertz CT molecular complexity index is 1240. The summed E-state index contributed by atoms with van der Waals surface area (Å²) in [6, 6.07) is 1.96. The highest BCUT2D eigenvalue weighted by Crippen LogP contribution is 2.33. The Kier molecular flexibility index (Phi) is 7.34. The van der Waals surface area contributed by atoms with Crippen LogP contribution in [0.3, 0.4) is 0 Å². The zero-order chi connectivity index (χ0) is 24.5. The summed E-state index contributed by atoms with van der Waals surface area (Å²) in [5.74, 6) is -1.20. The fourth-order valence-electron chi connectivity index (χ4n) is 3.07. The van der Waals surface area contributed by atoms with E-state index in [1.807, 2.05) is 0 Å². The first-order valence-corrected chi connectivity index (χ1v) is 10.7. The SMILES string of the molecule is COCCCN1C(=O)CS/C1=N\c1cc(-n2c(=O)cc(C(F)(F)F)n(C)c2=O)c(F)cc1Cl. The molecular formula is C19H17ClF4N4O4S. The van der Waals surface area contributed by atoms with Crippen molar-refractivity contribution in [2.24, 2.45) is 12.0 Å². The first kappa shape index (κ1) is 25.0. The number of alkyl halides is 3. The van der Waals surface area contributed by atoms with Crippen molar-refractivity contribution >= 4 is 40.1 Å². The number of carbonyl (C=O) groups excluding carboxylic acids is 1. The molecule has 0 saturated carbocycles. The van der Waals surface area contributed by atoms with Gasteiger partial charge in [0.15, 0.2) is 5.17 Å². The Hall–Kier alpha value is -2.64. The van der Waals surface area contributed by atoms with Crippen LogP contribution in [0.2, 0.25) is 5.02 Å². The minimum atomic E-state index is -4.96. The standard InChI is InChI=1S/C19H17ClF4N4O4S/c1-26-14(19(22,23)24)8-15(29)28(18(26)31)13-7-12(10(20)6-11(13)21)25-17-27(4-3-5-32-2)16(30)9-33-17/h6-8H,3-5,9H2,1-2H3/b25-17-. The molecule has 1 aliphatic rings.